The molecule has 1 rings (SSSR count). The van der Waals surface area contributed by atoms with Gasteiger partial charge in [-0.15, -0.1) is 0 Å². The number of hydrogen-bond acceptors (Lipinski definition) is 2. The van der Waals surface area contributed by atoms with Crippen LogP contribution >= 0.6 is 0 Å². The van der Waals surface area contributed by atoms with Crippen LogP contribution in [0.25, 0.3) is 0 Å². The van der Waals surface area contributed by atoms with Crippen molar-refractivity contribution in [1.82, 2.24) is 4.90 Å². The maximum atomic E-state index is 10.1. The van der Waals surface area contributed by atoms with Gasteiger partial charge in [0.05, 0.1) is 6.10 Å². The largest absolute Gasteiger partial charge is 0.393 e. The number of rotatable bonds is 5. The van der Waals surface area contributed by atoms with Crippen LogP contribution in [-0.2, 0) is 0 Å². The maximum absolute atomic E-state index is 10.1. The lowest BCUT2D eigenvalue weighted by atomic mass is 9.77. The lowest BCUT2D eigenvalue weighted by molar-refractivity contribution is 0.0120. The molecule has 0 saturated heterocycles. The van der Waals surface area contributed by atoms with Crippen molar-refractivity contribution in [1.29, 1.82) is 0 Å². The number of nitrogens with zero attached hydrogens (tertiary/aromatic N) is 1. The van der Waals surface area contributed by atoms with Gasteiger partial charge in [0, 0.05) is 12.1 Å². The molecule has 2 nitrogen and oxygen atoms in total. The van der Waals surface area contributed by atoms with Gasteiger partial charge in [-0.05, 0) is 58.4 Å². The summed E-state index contributed by atoms with van der Waals surface area (Å²) in [6.45, 7) is 10.1. The summed E-state index contributed by atoms with van der Waals surface area (Å²) in [6.07, 6.45) is 5.78. The second kappa shape index (κ2) is 6.19. The van der Waals surface area contributed by atoms with Crippen molar-refractivity contribution in [3.05, 3.63) is 0 Å². The molecular weight excluding hydrogens is 210 g/mol. The SMILES string of the molecule is CCC1CCC(O)C(CN(C)C(C)(C)CC)C1. The lowest BCUT2D eigenvalue weighted by Crippen LogP contribution is -2.46. The molecule has 1 fully saturated rings. The molecule has 0 aliphatic heterocycles. The third-order valence-electron chi connectivity index (χ3n) is 5.04. The van der Waals surface area contributed by atoms with Crippen molar-refractivity contribution >= 4 is 0 Å². The minimum absolute atomic E-state index is 0.0760. The zero-order valence-corrected chi connectivity index (χ0v) is 12.4. The molecule has 0 radical (unpaired) electrons. The minimum Gasteiger partial charge on any atom is -0.393 e. The highest BCUT2D eigenvalue weighted by atomic mass is 16.3. The predicted octanol–water partition coefficient (Wildman–Crippen LogP) is 3.29. The molecule has 3 unspecified atom stereocenters. The van der Waals surface area contributed by atoms with Crippen molar-refractivity contribution in [2.45, 2.75) is 71.4 Å². The van der Waals surface area contributed by atoms with Crippen molar-refractivity contribution < 1.29 is 5.11 Å². The molecule has 0 aromatic carbocycles. The van der Waals surface area contributed by atoms with Crippen molar-refractivity contribution in [3.8, 4) is 0 Å². The van der Waals surface area contributed by atoms with Crippen molar-refractivity contribution in [2.24, 2.45) is 11.8 Å². The van der Waals surface area contributed by atoms with Crippen LogP contribution in [0.15, 0.2) is 0 Å². The molecule has 3 atom stereocenters. The summed E-state index contributed by atoms with van der Waals surface area (Å²) in [5.74, 6) is 1.31. The molecule has 1 aliphatic rings. The van der Waals surface area contributed by atoms with Crippen molar-refractivity contribution in [2.75, 3.05) is 13.6 Å². The van der Waals surface area contributed by atoms with E-state index in [-0.39, 0.29) is 11.6 Å². The summed E-state index contributed by atoms with van der Waals surface area (Å²) in [5.41, 5.74) is 0.249. The first-order chi connectivity index (χ1) is 7.90. The van der Waals surface area contributed by atoms with E-state index in [2.05, 4.69) is 39.6 Å². The third kappa shape index (κ3) is 3.96. The Morgan fingerprint density at radius 1 is 1.24 bits per heavy atom. The van der Waals surface area contributed by atoms with Gasteiger partial charge < -0.3 is 10.0 Å². The molecule has 17 heavy (non-hydrogen) atoms. The fourth-order valence-electron chi connectivity index (χ4n) is 2.78. The third-order valence-corrected chi connectivity index (χ3v) is 5.04. The van der Waals surface area contributed by atoms with E-state index in [1.807, 2.05) is 0 Å². The first kappa shape index (κ1) is 15.0. The van der Waals surface area contributed by atoms with Gasteiger partial charge in [-0.2, -0.15) is 0 Å². The first-order valence-corrected chi connectivity index (χ1v) is 7.30. The van der Waals surface area contributed by atoms with Gasteiger partial charge in [0.15, 0.2) is 0 Å². The average molecular weight is 241 g/mol. The van der Waals surface area contributed by atoms with E-state index >= 15 is 0 Å². The Balaban J connectivity index is 2.54. The molecule has 1 aliphatic carbocycles. The Bertz CT molecular complexity index is 227. The Labute approximate surface area is 107 Å². The molecule has 2 heteroatoms. The highest BCUT2D eigenvalue weighted by Crippen LogP contribution is 2.33. The van der Waals surface area contributed by atoms with E-state index < -0.39 is 0 Å². The molecule has 0 aromatic rings. The second-order valence-electron chi connectivity index (χ2n) is 6.46. The van der Waals surface area contributed by atoms with Gasteiger partial charge in [-0.3, -0.25) is 0 Å². The number of aliphatic hydroxyl groups excluding tert-OH is 1. The van der Waals surface area contributed by atoms with Gasteiger partial charge in [-0.25, -0.2) is 0 Å². The standard InChI is InChI=1S/C15H31NO/c1-6-12-8-9-14(17)13(10-12)11-16(5)15(3,4)7-2/h12-14,17H,6-11H2,1-5H3. The first-order valence-electron chi connectivity index (χ1n) is 7.30. The molecule has 0 amide bonds. The molecule has 1 N–H and O–H groups in total. The monoisotopic (exact) mass is 241 g/mol. The van der Waals surface area contributed by atoms with Gasteiger partial charge in [0.1, 0.15) is 0 Å². The summed E-state index contributed by atoms with van der Waals surface area (Å²) >= 11 is 0. The summed E-state index contributed by atoms with van der Waals surface area (Å²) in [4.78, 5) is 2.43. The van der Waals surface area contributed by atoms with Crippen LogP contribution in [-0.4, -0.2) is 35.2 Å². The van der Waals surface area contributed by atoms with Crippen LogP contribution in [0.4, 0.5) is 0 Å². The highest BCUT2D eigenvalue weighted by molar-refractivity contribution is 4.85. The highest BCUT2D eigenvalue weighted by Gasteiger charge is 2.31. The van der Waals surface area contributed by atoms with E-state index in [4.69, 9.17) is 0 Å². The van der Waals surface area contributed by atoms with Gasteiger partial charge in [0.2, 0.25) is 0 Å². The topological polar surface area (TPSA) is 23.5 Å². The zero-order valence-electron chi connectivity index (χ0n) is 12.4. The summed E-state index contributed by atoms with van der Waals surface area (Å²) in [5, 5.41) is 10.1. The summed E-state index contributed by atoms with van der Waals surface area (Å²) < 4.78 is 0. The van der Waals surface area contributed by atoms with Crippen molar-refractivity contribution in [3.63, 3.8) is 0 Å². The van der Waals surface area contributed by atoms with Crippen LogP contribution in [0.5, 0.6) is 0 Å². The Kier molecular flexibility index (Phi) is 5.46. The van der Waals surface area contributed by atoms with Crippen LogP contribution < -0.4 is 0 Å². The Morgan fingerprint density at radius 2 is 1.88 bits per heavy atom. The molecular formula is C15H31NO. The normalized spacial score (nSPS) is 30.9. The minimum atomic E-state index is -0.0760. The lowest BCUT2D eigenvalue weighted by Gasteiger charge is -2.41. The van der Waals surface area contributed by atoms with Gasteiger partial charge in [0.25, 0.3) is 0 Å². The molecule has 0 spiro atoms. The van der Waals surface area contributed by atoms with Gasteiger partial charge >= 0.3 is 0 Å². The fourth-order valence-corrected chi connectivity index (χ4v) is 2.78. The summed E-state index contributed by atoms with van der Waals surface area (Å²) in [7, 11) is 2.20. The Hall–Kier alpha value is -0.0800. The fraction of sp³-hybridized carbons (Fsp3) is 1.00. The average Bonchev–Trinajstić information content (AvgIpc) is 2.31. The number of hydrogen-bond donors (Lipinski definition) is 1. The maximum Gasteiger partial charge on any atom is 0.0580 e. The van der Waals surface area contributed by atoms with Crippen LogP contribution in [0.2, 0.25) is 0 Å². The molecule has 102 valence electrons. The van der Waals surface area contributed by atoms with E-state index in [1.54, 1.807) is 0 Å². The zero-order chi connectivity index (χ0) is 13.1. The summed E-state index contributed by atoms with van der Waals surface area (Å²) in [6, 6.07) is 0. The van der Waals surface area contributed by atoms with E-state index in [0.717, 1.165) is 25.3 Å². The molecule has 0 heterocycles. The van der Waals surface area contributed by atoms with Crippen LogP contribution in [0.3, 0.4) is 0 Å². The predicted molar refractivity (Wildman–Crippen MR) is 74.1 cm³/mol. The van der Waals surface area contributed by atoms with Crippen LogP contribution in [0.1, 0.15) is 59.8 Å². The van der Waals surface area contributed by atoms with Gasteiger partial charge in [-0.1, -0.05) is 20.3 Å². The van der Waals surface area contributed by atoms with E-state index in [1.165, 1.54) is 19.3 Å². The Morgan fingerprint density at radius 3 is 2.41 bits per heavy atom. The molecule has 1 saturated carbocycles. The molecule has 0 bridgehead atoms. The molecule has 0 aromatic heterocycles. The van der Waals surface area contributed by atoms with E-state index in [0.29, 0.717) is 5.92 Å². The van der Waals surface area contributed by atoms with E-state index in [9.17, 15) is 5.11 Å². The number of aliphatic hydroxyl groups is 1. The smallest absolute Gasteiger partial charge is 0.0580 e. The quantitative estimate of drug-likeness (QED) is 0.798. The van der Waals surface area contributed by atoms with Crippen LogP contribution in [0, 0.1) is 11.8 Å². The second-order valence-corrected chi connectivity index (χ2v) is 6.46.